The van der Waals surface area contributed by atoms with Crippen molar-refractivity contribution in [1.82, 2.24) is 30.0 Å². The minimum absolute atomic E-state index is 0.275. The molecular weight excluding hydrogens is 270 g/mol. The summed E-state index contributed by atoms with van der Waals surface area (Å²) in [5, 5.41) is 7.03. The molecule has 1 fully saturated rings. The number of carbonyl (C=O) groups is 1. The van der Waals surface area contributed by atoms with Crippen molar-refractivity contribution in [3.05, 3.63) is 29.7 Å². The van der Waals surface area contributed by atoms with Crippen LogP contribution in [0.3, 0.4) is 0 Å². The molecule has 3 rings (SSSR count). The number of nitrogens with two attached hydrogens (primary N) is 1. The third-order valence-corrected chi connectivity index (χ3v) is 3.33. The second-order valence-electron chi connectivity index (χ2n) is 5.14. The third kappa shape index (κ3) is 2.62. The zero-order valence-corrected chi connectivity index (χ0v) is 11.9. The summed E-state index contributed by atoms with van der Waals surface area (Å²) in [4.78, 5) is 24.3. The number of hydrogen-bond donors (Lipinski definition) is 2. The minimum atomic E-state index is -0.275. The lowest BCUT2D eigenvalue weighted by molar-refractivity contribution is 0.0958. The zero-order chi connectivity index (χ0) is 15.0. The van der Waals surface area contributed by atoms with Gasteiger partial charge in [0.25, 0.3) is 5.91 Å². The van der Waals surface area contributed by atoms with Crippen LogP contribution < -0.4 is 11.1 Å². The van der Waals surface area contributed by atoms with E-state index in [1.807, 2.05) is 6.92 Å². The molecule has 21 heavy (non-hydrogen) atoms. The normalized spacial score (nSPS) is 15.8. The maximum absolute atomic E-state index is 11.7. The van der Waals surface area contributed by atoms with Crippen LogP contribution in [0.25, 0.3) is 5.82 Å². The van der Waals surface area contributed by atoms with Gasteiger partial charge in [0.15, 0.2) is 17.5 Å². The fraction of sp³-hybridized carbons (Fsp3) is 0.462. The van der Waals surface area contributed by atoms with Crippen molar-refractivity contribution in [2.45, 2.75) is 31.7 Å². The van der Waals surface area contributed by atoms with E-state index in [4.69, 9.17) is 5.73 Å². The molecule has 1 saturated carbocycles. The zero-order valence-electron chi connectivity index (χ0n) is 11.9. The second-order valence-corrected chi connectivity index (χ2v) is 5.14. The standard InChI is InChI=1S/C13H17N7O/c1-7(14)12-18-11(8-3-4-8)19-20(12)10-5-9(13(21)15-2)16-6-17-10/h5-8H,3-4,14H2,1-2H3,(H,15,21). The molecule has 1 aliphatic rings. The third-order valence-electron chi connectivity index (χ3n) is 3.33. The van der Waals surface area contributed by atoms with Gasteiger partial charge in [-0.1, -0.05) is 0 Å². The van der Waals surface area contributed by atoms with Crippen LogP contribution in [0, 0.1) is 0 Å². The molecule has 8 heteroatoms. The quantitative estimate of drug-likeness (QED) is 0.837. The van der Waals surface area contributed by atoms with Gasteiger partial charge in [0.2, 0.25) is 0 Å². The molecule has 0 spiro atoms. The summed E-state index contributed by atoms with van der Waals surface area (Å²) in [5.41, 5.74) is 6.24. The van der Waals surface area contributed by atoms with Crippen LogP contribution in [0.4, 0.5) is 0 Å². The molecular formula is C13H17N7O. The fourth-order valence-electron chi connectivity index (χ4n) is 2.03. The summed E-state index contributed by atoms with van der Waals surface area (Å²) < 4.78 is 1.60. The average Bonchev–Trinajstić information content (AvgIpc) is 3.25. The molecule has 0 radical (unpaired) electrons. The smallest absolute Gasteiger partial charge is 0.269 e. The monoisotopic (exact) mass is 287 g/mol. The molecule has 0 saturated heterocycles. The first-order valence-electron chi connectivity index (χ1n) is 6.87. The molecule has 1 aliphatic carbocycles. The molecule has 0 bridgehead atoms. The Kier molecular flexibility index (Phi) is 3.38. The van der Waals surface area contributed by atoms with E-state index in [0.717, 1.165) is 18.7 Å². The van der Waals surface area contributed by atoms with Crippen molar-refractivity contribution in [1.29, 1.82) is 0 Å². The highest BCUT2D eigenvalue weighted by molar-refractivity contribution is 5.92. The molecule has 2 heterocycles. The van der Waals surface area contributed by atoms with E-state index in [1.54, 1.807) is 17.8 Å². The van der Waals surface area contributed by atoms with Gasteiger partial charge in [-0.3, -0.25) is 4.79 Å². The number of nitrogens with one attached hydrogen (secondary N) is 1. The average molecular weight is 287 g/mol. The first-order chi connectivity index (χ1) is 10.1. The fourth-order valence-corrected chi connectivity index (χ4v) is 2.03. The SMILES string of the molecule is CNC(=O)c1cc(-n2nc(C3CC3)nc2C(C)N)ncn1. The molecule has 2 aromatic rings. The van der Waals surface area contributed by atoms with Crippen LogP contribution in [0.5, 0.6) is 0 Å². The Balaban J connectivity index is 2.04. The van der Waals surface area contributed by atoms with Crippen LogP contribution in [0.15, 0.2) is 12.4 Å². The molecule has 8 nitrogen and oxygen atoms in total. The highest BCUT2D eigenvalue weighted by Gasteiger charge is 2.30. The minimum Gasteiger partial charge on any atom is -0.354 e. The van der Waals surface area contributed by atoms with Gasteiger partial charge in [0, 0.05) is 19.0 Å². The van der Waals surface area contributed by atoms with Crippen LogP contribution in [-0.2, 0) is 0 Å². The summed E-state index contributed by atoms with van der Waals surface area (Å²) in [6.45, 7) is 1.85. The van der Waals surface area contributed by atoms with Gasteiger partial charge >= 0.3 is 0 Å². The largest absolute Gasteiger partial charge is 0.354 e. The Labute approximate surface area is 121 Å². The van der Waals surface area contributed by atoms with Gasteiger partial charge in [-0.25, -0.2) is 15.0 Å². The number of rotatable bonds is 4. The van der Waals surface area contributed by atoms with E-state index < -0.39 is 0 Å². The Bertz CT molecular complexity index is 675. The van der Waals surface area contributed by atoms with Crippen LogP contribution in [0.1, 0.15) is 53.9 Å². The van der Waals surface area contributed by atoms with Crippen molar-refractivity contribution in [2.24, 2.45) is 5.73 Å². The molecule has 1 amide bonds. The Morgan fingerprint density at radius 3 is 2.86 bits per heavy atom. The van der Waals surface area contributed by atoms with Gasteiger partial charge in [-0.2, -0.15) is 4.68 Å². The molecule has 1 atom stereocenters. The maximum atomic E-state index is 11.7. The van der Waals surface area contributed by atoms with Gasteiger partial charge < -0.3 is 11.1 Å². The predicted molar refractivity (Wildman–Crippen MR) is 74.9 cm³/mol. The Morgan fingerprint density at radius 1 is 1.48 bits per heavy atom. The molecule has 3 N–H and O–H groups in total. The van der Waals surface area contributed by atoms with Crippen LogP contribution in [0.2, 0.25) is 0 Å². The van der Waals surface area contributed by atoms with E-state index in [1.165, 1.54) is 6.33 Å². The molecule has 110 valence electrons. The number of carbonyl (C=O) groups excluding carboxylic acids is 1. The van der Waals surface area contributed by atoms with Gasteiger partial charge in [0.1, 0.15) is 12.0 Å². The van der Waals surface area contributed by atoms with E-state index in [9.17, 15) is 4.79 Å². The van der Waals surface area contributed by atoms with E-state index in [0.29, 0.717) is 17.6 Å². The van der Waals surface area contributed by atoms with Crippen LogP contribution >= 0.6 is 0 Å². The topological polar surface area (TPSA) is 112 Å². The van der Waals surface area contributed by atoms with E-state index in [2.05, 4.69) is 25.4 Å². The molecule has 1 unspecified atom stereocenters. The maximum Gasteiger partial charge on any atom is 0.269 e. The highest BCUT2D eigenvalue weighted by atomic mass is 16.1. The van der Waals surface area contributed by atoms with Crippen molar-refractivity contribution in [2.75, 3.05) is 7.05 Å². The van der Waals surface area contributed by atoms with Gasteiger partial charge in [-0.05, 0) is 19.8 Å². The predicted octanol–water partition coefficient (Wildman–Crippen LogP) is 0.314. The molecule has 2 aromatic heterocycles. The lowest BCUT2D eigenvalue weighted by Crippen LogP contribution is -2.20. The first kappa shape index (κ1) is 13.6. The number of aromatic nitrogens is 5. The summed E-state index contributed by atoms with van der Waals surface area (Å²) in [5.74, 6) is 2.07. The Hall–Kier alpha value is -2.35. The van der Waals surface area contributed by atoms with Crippen LogP contribution in [-0.4, -0.2) is 37.7 Å². The number of nitrogens with zero attached hydrogens (tertiary/aromatic N) is 5. The summed E-state index contributed by atoms with van der Waals surface area (Å²) >= 11 is 0. The molecule has 0 aromatic carbocycles. The Morgan fingerprint density at radius 2 is 2.24 bits per heavy atom. The van der Waals surface area contributed by atoms with E-state index >= 15 is 0 Å². The summed E-state index contributed by atoms with van der Waals surface area (Å²) in [7, 11) is 1.55. The molecule has 0 aliphatic heterocycles. The first-order valence-corrected chi connectivity index (χ1v) is 6.87. The van der Waals surface area contributed by atoms with Crippen molar-refractivity contribution < 1.29 is 4.79 Å². The van der Waals surface area contributed by atoms with Crippen molar-refractivity contribution in [3.8, 4) is 5.82 Å². The lowest BCUT2D eigenvalue weighted by Gasteiger charge is -2.08. The van der Waals surface area contributed by atoms with E-state index in [-0.39, 0.29) is 17.6 Å². The number of hydrogen-bond acceptors (Lipinski definition) is 6. The van der Waals surface area contributed by atoms with Gasteiger partial charge in [0.05, 0.1) is 6.04 Å². The highest BCUT2D eigenvalue weighted by Crippen LogP contribution is 2.38. The second kappa shape index (κ2) is 5.21. The van der Waals surface area contributed by atoms with Gasteiger partial charge in [-0.15, -0.1) is 5.10 Å². The van der Waals surface area contributed by atoms with Crippen molar-refractivity contribution in [3.63, 3.8) is 0 Å². The number of amides is 1. The summed E-state index contributed by atoms with van der Waals surface area (Å²) in [6.07, 6.45) is 3.55. The lowest BCUT2D eigenvalue weighted by atomic mass is 10.3. The summed E-state index contributed by atoms with van der Waals surface area (Å²) in [6, 6.07) is 1.30. The van der Waals surface area contributed by atoms with Crippen molar-refractivity contribution >= 4 is 5.91 Å².